The first-order chi connectivity index (χ1) is 7.27. The Morgan fingerprint density at radius 1 is 1.38 bits per heavy atom. The lowest BCUT2D eigenvalue weighted by Crippen LogP contribution is -2.11. The summed E-state index contributed by atoms with van der Waals surface area (Å²) in [5.74, 6) is 0.618. The van der Waals surface area contributed by atoms with Gasteiger partial charge in [-0.2, -0.15) is 0 Å². The van der Waals surface area contributed by atoms with Gasteiger partial charge in [0.25, 0.3) is 0 Å². The van der Waals surface area contributed by atoms with Crippen LogP contribution in [0.3, 0.4) is 0 Å². The summed E-state index contributed by atoms with van der Waals surface area (Å²) in [5, 5.41) is 0. The molecular weight excluding hydrogens is 226 g/mol. The molecule has 0 aliphatic heterocycles. The average Bonchev–Trinajstić information content (AvgIpc) is 2.29. The van der Waals surface area contributed by atoms with E-state index in [4.69, 9.17) is 16.2 Å². The van der Waals surface area contributed by atoms with Crippen LogP contribution < -0.4 is 16.2 Å². The number of rotatable bonds is 6. The molecule has 0 amide bonds. The number of hydrogen-bond donors (Lipinski definition) is 2. The lowest BCUT2D eigenvalue weighted by Gasteiger charge is -2.11. The monoisotopic (exact) mass is 245 g/mol. The van der Waals surface area contributed by atoms with E-state index >= 15 is 0 Å². The third-order valence-electron chi connectivity index (χ3n) is 2.37. The number of nitrogens with two attached hydrogens (primary N) is 2. The zero-order chi connectivity index (χ0) is 11.1. The molecule has 1 rings (SSSR count). The molecular formula is C11H20ClN3O. The molecule has 1 heterocycles. The topological polar surface area (TPSA) is 74.2 Å². The summed E-state index contributed by atoms with van der Waals surface area (Å²) in [4.78, 5) is 4.12. The third-order valence-corrected chi connectivity index (χ3v) is 2.37. The fourth-order valence-corrected chi connectivity index (χ4v) is 1.41. The van der Waals surface area contributed by atoms with Crippen molar-refractivity contribution in [3.8, 4) is 5.88 Å². The van der Waals surface area contributed by atoms with E-state index in [0.29, 0.717) is 5.88 Å². The second kappa shape index (κ2) is 8.33. The van der Waals surface area contributed by atoms with Crippen molar-refractivity contribution < 1.29 is 4.74 Å². The van der Waals surface area contributed by atoms with E-state index in [0.717, 1.165) is 31.4 Å². The van der Waals surface area contributed by atoms with Crippen molar-refractivity contribution in [1.29, 1.82) is 0 Å². The predicted octanol–water partition coefficient (Wildman–Crippen LogP) is 1.64. The summed E-state index contributed by atoms with van der Waals surface area (Å²) in [6.07, 6.45) is 4.80. The molecule has 0 fully saturated rings. The molecule has 0 aliphatic rings. The van der Waals surface area contributed by atoms with E-state index in [1.54, 1.807) is 13.3 Å². The summed E-state index contributed by atoms with van der Waals surface area (Å²) >= 11 is 0. The highest BCUT2D eigenvalue weighted by Gasteiger charge is 2.05. The van der Waals surface area contributed by atoms with E-state index in [2.05, 4.69) is 4.98 Å². The van der Waals surface area contributed by atoms with Crippen LogP contribution in [0.2, 0.25) is 0 Å². The van der Waals surface area contributed by atoms with Gasteiger partial charge in [0.2, 0.25) is 5.88 Å². The molecule has 16 heavy (non-hydrogen) atoms. The van der Waals surface area contributed by atoms with Crippen LogP contribution in [0.1, 0.15) is 30.9 Å². The van der Waals surface area contributed by atoms with Crippen molar-refractivity contribution in [3.05, 3.63) is 23.9 Å². The van der Waals surface area contributed by atoms with Crippen LogP contribution in [0, 0.1) is 0 Å². The minimum absolute atomic E-state index is 0. The Balaban J connectivity index is 0.00000225. The average molecular weight is 246 g/mol. The Kier molecular flexibility index (Phi) is 7.89. The van der Waals surface area contributed by atoms with Gasteiger partial charge in [0.15, 0.2) is 0 Å². The first-order valence-corrected chi connectivity index (χ1v) is 5.23. The van der Waals surface area contributed by atoms with Gasteiger partial charge in [-0.05, 0) is 24.9 Å². The first kappa shape index (κ1) is 15.2. The maximum atomic E-state index is 6.01. The Labute approximate surface area is 103 Å². The van der Waals surface area contributed by atoms with Gasteiger partial charge in [-0.25, -0.2) is 4.98 Å². The standard InChI is InChI=1S/C11H19N3O.ClH/c1-15-11-6-5-9(8-14-11)10(13)4-2-3-7-12;/h5-6,8,10H,2-4,7,12-13H2,1H3;1H/t10-;/m0./s1. The number of pyridine rings is 1. The second-order valence-electron chi connectivity index (χ2n) is 3.52. The number of nitrogens with zero attached hydrogens (tertiary/aromatic N) is 1. The van der Waals surface area contributed by atoms with Crippen molar-refractivity contribution in [1.82, 2.24) is 4.98 Å². The van der Waals surface area contributed by atoms with Gasteiger partial charge < -0.3 is 16.2 Å². The number of ether oxygens (including phenoxy) is 1. The number of unbranched alkanes of at least 4 members (excludes halogenated alkanes) is 1. The molecule has 0 saturated carbocycles. The summed E-state index contributed by atoms with van der Waals surface area (Å²) < 4.78 is 4.98. The smallest absolute Gasteiger partial charge is 0.212 e. The molecule has 0 bridgehead atoms. The molecule has 1 aromatic rings. The molecule has 0 unspecified atom stereocenters. The summed E-state index contributed by atoms with van der Waals surface area (Å²) in [6.45, 7) is 0.730. The molecule has 0 radical (unpaired) electrons. The van der Waals surface area contributed by atoms with Gasteiger partial charge in [0, 0.05) is 18.3 Å². The van der Waals surface area contributed by atoms with Crippen molar-refractivity contribution in [2.24, 2.45) is 11.5 Å². The summed E-state index contributed by atoms with van der Waals surface area (Å²) in [7, 11) is 1.60. The molecule has 5 heteroatoms. The molecule has 0 aromatic carbocycles. The highest BCUT2D eigenvalue weighted by Crippen LogP contribution is 2.17. The van der Waals surface area contributed by atoms with Crippen LogP contribution >= 0.6 is 12.4 Å². The fraction of sp³-hybridized carbons (Fsp3) is 0.545. The van der Waals surface area contributed by atoms with Crippen LogP contribution in [0.4, 0.5) is 0 Å². The maximum absolute atomic E-state index is 6.01. The Bertz CT molecular complexity index is 279. The normalized spacial score (nSPS) is 11.7. The lowest BCUT2D eigenvalue weighted by atomic mass is 10.0. The maximum Gasteiger partial charge on any atom is 0.212 e. The van der Waals surface area contributed by atoms with Gasteiger partial charge in [0.1, 0.15) is 0 Å². The zero-order valence-corrected chi connectivity index (χ0v) is 10.4. The second-order valence-corrected chi connectivity index (χ2v) is 3.52. The lowest BCUT2D eigenvalue weighted by molar-refractivity contribution is 0.397. The third kappa shape index (κ3) is 4.79. The minimum Gasteiger partial charge on any atom is -0.481 e. The Morgan fingerprint density at radius 2 is 2.12 bits per heavy atom. The van der Waals surface area contributed by atoms with Crippen LogP contribution in [-0.4, -0.2) is 18.6 Å². The molecule has 4 N–H and O–H groups in total. The number of halogens is 1. The SMILES string of the molecule is COc1ccc([C@@H](N)CCCCN)cn1.Cl. The Morgan fingerprint density at radius 3 is 2.62 bits per heavy atom. The minimum atomic E-state index is 0. The number of methoxy groups -OCH3 is 1. The fourth-order valence-electron chi connectivity index (χ4n) is 1.41. The van der Waals surface area contributed by atoms with Gasteiger partial charge >= 0.3 is 0 Å². The predicted molar refractivity (Wildman–Crippen MR) is 67.9 cm³/mol. The molecule has 0 saturated heterocycles. The van der Waals surface area contributed by atoms with Gasteiger partial charge in [0.05, 0.1) is 7.11 Å². The number of aromatic nitrogens is 1. The van der Waals surface area contributed by atoms with E-state index in [-0.39, 0.29) is 18.4 Å². The molecule has 0 aliphatic carbocycles. The summed E-state index contributed by atoms with van der Waals surface area (Å²) in [5.41, 5.74) is 12.5. The Hall–Kier alpha value is -0.840. The van der Waals surface area contributed by atoms with Gasteiger partial charge in [-0.15, -0.1) is 12.4 Å². The quantitative estimate of drug-likeness (QED) is 0.748. The van der Waals surface area contributed by atoms with Crippen molar-refractivity contribution in [3.63, 3.8) is 0 Å². The first-order valence-electron chi connectivity index (χ1n) is 5.23. The van der Waals surface area contributed by atoms with E-state index in [9.17, 15) is 0 Å². The molecule has 0 spiro atoms. The highest BCUT2D eigenvalue weighted by atomic mass is 35.5. The molecule has 4 nitrogen and oxygen atoms in total. The number of hydrogen-bond acceptors (Lipinski definition) is 4. The van der Waals surface area contributed by atoms with Crippen LogP contribution in [0.15, 0.2) is 18.3 Å². The van der Waals surface area contributed by atoms with Crippen LogP contribution in [0.5, 0.6) is 5.88 Å². The molecule has 1 aromatic heterocycles. The van der Waals surface area contributed by atoms with Crippen LogP contribution in [0.25, 0.3) is 0 Å². The van der Waals surface area contributed by atoms with E-state index in [1.807, 2.05) is 12.1 Å². The van der Waals surface area contributed by atoms with Crippen LogP contribution in [-0.2, 0) is 0 Å². The highest BCUT2D eigenvalue weighted by molar-refractivity contribution is 5.85. The molecule has 1 atom stereocenters. The van der Waals surface area contributed by atoms with Crippen molar-refractivity contribution in [2.75, 3.05) is 13.7 Å². The summed E-state index contributed by atoms with van der Waals surface area (Å²) in [6, 6.07) is 3.84. The molecule has 92 valence electrons. The van der Waals surface area contributed by atoms with Crippen molar-refractivity contribution >= 4 is 12.4 Å². The zero-order valence-electron chi connectivity index (χ0n) is 9.56. The van der Waals surface area contributed by atoms with Gasteiger partial charge in [-0.1, -0.05) is 12.5 Å². The largest absolute Gasteiger partial charge is 0.481 e. The van der Waals surface area contributed by atoms with E-state index in [1.165, 1.54) is 0 Å². The van der Waals surface area contributed by atoms with Gasteiger partial charge in [-0.3, -0.25) is 0 Å². The van der Waals surface area contributed by atoms with E-state index < -0.39 is 0 Å². The van der Waals surface area contributed by atoms with Crippen molar-refractivity contribution in [2.45, 2.75) is 25.3 Å².